The summed E-state index contributed by atoms with van der Waals surface area (Å²) in [5.41, 5.74) is 4.21. The van der Waals surface area contributed by atoms with Crippen molar-refractivity contribution in [2.45, 2.75) is 37.3 Å². The van der Waals surface area contributed by atoms with E-state index in [1.54, 1.807) is 0 Å². The summed E-state index contributed by atoms with van der Waals surface area (Å²) < 4.78 is 101. The summed E-state index contributed by atoms with van der Waals surface area (Å²) in [4.78, 5) is 21.7. The molecule has 0 aliphatic carbocycles. The van der Waals surface area contributed by atoms with E-state index in [-0.39, 0.29) is 5.69 Å². The van der Waals surface area contributed by atoms with Crippen LogP contribution in [0.3, 0.4) is 0 Å². The van der Waals surface area contributed by atoms with Crippen molar-refractivity contribution in [1.82, 2.24) is 5.32 Å². The van der Waals surface area contributed by atoms with Crippen molar-refractivity contribution in [2.75, 3.05) is 36.5 Å². The van der Waals surface area contributed by atoms with Gasteiger partial charge in [-0.25, -0.2) is 8.78 Å². The molecule has 14 heteroatoms. The first-order valence-corrected chi connectivity index (χ1v) is 11.4. The molecular formula is C24H21F8N3O3. The predicted octanol–water partition coefficient (Wildman–Crippen LogP) is 4.75. The van der Waals surface area contributed by atoms with Crippen LogP contribution >= 0.6 is 0 Å². The number of para-hydroxylation sites is 1. The minimum atomic E-state index is -5.77. The summed E-state index contributed by atoms with van der Waals surface area (Å²) in [5, 5.41) is 6.44. The zero-order chi connectivity index (χ0) is 27.8. The highest BCUT2D eigenvalue weighted by atomic mass is 19.4. The lowest BCUT2D eigenvalue weighted by Gasteiger charge is -2.33. The number of halogens is 8. The Kier molecular flexibility index (Phi) is 7.66. The highest BCUT2D eigenvalue weighted by Crippen LogP contribution is 2.47. The number of alkyl halides is 6. The van der Waals surface area contributed by atoms with Gasteiger partial charge in [-0.15, -0.1) is 0 Å². The first kappa shape index (κ1) is 27.8. The molecule has 2 aromatic rings. The summed E-state index contributed by atoms with van der Waals surface area (Å²) in [7, 11) is 0. The smallest absolute Gasteiger partial charge is 0.375 e. The largest absolute Gasteiger partial charge is 0.458 e. The standard InChI is InChI=1S/C20H21F2N3O.C4F6O2/c21-16-2-1-3-17(22)19(16)24-13-8-12-11-26-7-6-25-18-4-5-23-10-15(18)14(9-13)20(12)25;5-3(6,7)1(11)2(12)4(8,9)10/h1-3,8-9,15,18,23-24H,4-7,10-11H2;/t15-,18-;/m0./s1. The normalized spacial score (nSPS) is 20.5. The Bertz CT molecular complexity index is 1190. The quantitative estimate of drug-likeness (QED) is 0.424. The lowest BCUT2D eigenvalue weighted by atomic mass is 9.89. The van der Waals surface area contributed by atoms with E-state index in [0.717, 1.165) is 31.6 Å². The first-order valence-electron chi connectivity index (χ1n) is 11.4. The highest BCUT2D eigenvalue weighted by molar-refractivity contribution is 6.41. The van der Waals surface area contributed by atoms with E-state index in [0.29, 0.717) is 30.9 Å². The Hall–Kier alpha value is -3.26. The number of carbonyl (C=O) groups excluding carboxylic acids is 2. The summed E-state index contributed by atoms with van der Waals surface area (Å²) in [6.07, 6.45) is -10.4. The van der Waals surface area contributed by atoms with E-state index in [4.69, 9.17) is 4.74 Å². The van der Waals surface area contributed by atoms with Gasteiger partial charge in [0.05, 0.1) is 13.2 Å². The molecule has 3 aliphatic rings. The summed E-state index contributed by atoms with van der Waals surface area (Å²) in [6.45, 7) is 4.09. The molecule has 0 amide bonds. The topological polar surface area (TPSA) is 70.7 Å². The van der Waals surface area contributed by atoms with Crippen LogP contribution in [-0.2, 0) is 20.9 Å². The average molecular weight is 551 g/mol. The molecule has 3 heterocycles. The number of nitrogens with one attached hydrogen (secondary N) is 2. The van der Waals surface area contributed by atoms with Gasteiger partial charge in [-0.1, -0.05) is 6.07 Å². The fraction of sp³-hybridized carbons (Fsp3) is 0.417. The molecule has 0 bridgehead atoms. The van der Waals surface area contributed by atoms with Gasteiger partial charge in [0.15, 0.2) is 0 Å². The van der Waals surface area contributed by atoms with Crippen LogP contribution in [0.1, 0.15) is 23.5 Å². The number of nitrogens with zero attached hydrogens (tertiary/aromatic N) is 1. The first-order chi connectivity index (χ1) is 17.8. The SMILES string of the molecule is Fc1cccc(F)c1Nc1cc2c3c(c1)[C@@H]1CNCC[C@@H]1N3CCOC2.O=C(C(=O)C(F)(F)F)C(F)(F)F. The number of rotatable bonds is 3. The minimum Gasteiger partial charge on any atom is -0.375 e. The van der Waals surface area contributed by atoms with E-state index >= 15 is 0 Å². The third kappa shape index (κ3) is 5.60. The third-order valence-corrected chi connectivity index (χ3v) is 6.44. The van der Waals surface area contributed by atoms with Crippen LogP contribution < -0.4 is 15.5 Å². The van der Waals surface area contributed by atoms with Crippen LogP contribution in [0, 0.1) is 11.6 Å². The van der Waals surface area contributed by atoms with Gasteiger partial charge >= 0.3 is 23.9 Å². The Labute approximate surface area is 210 Å². The second-order valence-corrected chi connectivity index (χ2v) is 8.86. The van der Waals surface area contributed by atoms with Crippen molar-refractivity contribution in [3.63, 3.8) is 0 Å². The number of ether oxygens (including phenoxy) is 1. The number of Topliss-reactive ketones (excluding diaryl/α,β-unsaturated/α-hetero) is 2. The Morgan fingerprint density at radius 1 is 1.00 bits per heavy atom. The third-order valence-electron chi connectivity index (χ3n) is 6.44. The molecule has 38 heavy (non-hydrogen) atoms. The molecule has 0 radical (unpaired) electrons. The summed E-state index contributed by atoms with van der Waals surface area (Å²) in [5.74, 6) is -7.59. The fourth-order valence-electron chi connectivity index (χ4n) is 4.88. The number of piperidine rings is 1. The number of benzene rings is 2. The molecule has 6 nitrogen and oxygen atoms in total. The number of carbonyl (C=O) groups is 2. The molecule has 5 rings (SSSR count). The predicted molar refractivity (Wildman–Crippen MR) is 119 cm³/mol. The van der Waals surface area contributed by atoms with Crippen LogP contribution in [-0.4, -0.2) is 56.2 Å². The number of hydrogen-bond donors (Lipinski definition) is 2. The van der Waals surface area contributed by atoms with Gasteiger partial charge in [0.1, 0.15) is 17.3 Å². The van der Waals surface area contributed by atoms with Gasteiger partial charge in [0.2, 0.25) is 0 Å². The molecular weight excluding hydrogens is 530 g/mol. The monoisotopic (exact) mass is 551 g/mol. The van der Waals surface area contributed by atoms with E-state index in [1.807, 2.05) is 6.07 Å². The van der Waals surface area contributed by atoms with E-state index < -0.39 is 35.6 Å². The molecule has 0 aromatic heterocycles. The molecule has 2 atom stereocenters. The van der Waals surface area contributed by atoms with Gasteiger partial charge in [-0.3, -0.25) is 9.59 Å². The average Bonchev–Trinajstić information content (AvgIpc) is 3.00. The Balaban J connectivity index is 0.000000240. The molecule has 2 N–H and O–H groups in total. The van der Waals surface area contributed by atoms with Crippen LogP contribution in [0.2, 0.25) is 0 Å². The van der Waals surface area contributed by atoms with Crippen molar-refractivity contribution in [1.29, 1.82) is 0 Å². The Morgan fingerprint density at radius 2 is 1.63 bits per heavy atom. The van der Waals surface area contributed by atoms with Crippen LogP contribution in [0.15, 0.2) is 30.3 Å². The maximum absolute atomic E-state index is 14.1. The molecule has 1 fully saturated rings. The van der Waals surface area contributed by atoms with Gasteiger partial charge in [0.25, 0.3) is 0 Å². The molecule has 1 saturated heterocycles. The molecule has 206 valence electrons. The number of ketones is 2. The van der Waals surface area contributed by atoms with Gasteiger partial charge in [-0.2, -0.15) is 26.3 Å². The zero-order valence-electron chi connectivity index (χ0n) is 19.5. The number of fused-ring (bicyclic) bond motifs is 3. The highest BCUT2D eigenvalue weighted by Gasteiger charge is 2.54. The zero-order valence-corrected chi connectivity index (χ0v) is 19.5. The second-order valence-electron chi connectivity index (χ2n) is 8.86. The fourth-order valence-corrected chi connectivity index (χ4v) is 4.88. The van der Waals surface area contributed by atoms with E-state index in [1.165, 1.54) is 29.4 Å². The molecule has 0 unspecified atom stereocenters. The van der Waals surface area contributed by atoms with Gasteiger partial charge in [-0.05, 0) is 42.8 Å². The van der Waals surface area contributed by atoms with Crippen molar-refractivity contribution < 1.29 is 49.4 Å². The summed E-state index contributed by atoms with van der Waals surface area (Å²) >= 11 is 0. The lowest BCUT2D eigenvalue weighted by Crippen LogP contribution is -2.44. The molecule has 0 spiro atoms. The maximum atomic E-state index is 14.1. The molecule has 2 aromatic carbocycles. The number of anilines is 3. The van der Waals surface area contributed by atoms with Crippen LogP contribution in [0.5, 0.6) is 0 Å². The van der Waals surface area contributed by atoms with E-state index in [2.05, 4.69) is 21.6 Å². The van der Waals surface area contributed by atoms with Gasteiger partial charge < -0.3 is 20.3 Å². The van der Waals surface area contributed by atoms with Gasteiger partial charge in [0, 0.05) is 42.0 Å². The van der Waals surface area contributed by atoms with E-state index in [9.17, 15) is 44.7 Å². The van der Waals surface area contributed by atoms with Crippen molar-refractivity contribution in [3.05, 3.63) is 53.1 Å². The molecule has 0 saturated carbocycles. The lowest BCUT2D eigenvalue weighted by molar-refractivity contribution is -0.193. The Morgan fingerprint density at radius 3 is 2.24 bits per heavy atom. The number of hydrogen-bond acceptors (Lipinski definition) is 6. The molecule has 3 aliphatic heterocycles. The summed E-state index contributed by atoms with van der Waals surface area (Å²) in [6, 6.07) is 8.40. The minimum absolute atomic E-state index is 0.109. The van der Waals surface area contributed by atoms with Crippen LogP contribution in [0.4, 0.5) is 52.2 Å². The van der Waals surface area contributed by atoms with Crippen molar-refractivity contribution in [2.24, 2.45) is 0 Å². The van der Waals surface area contributed by atoms with Crippen molar-refractivity contribution >= 4 is 28.6 Å². The second kappa shape index (κ2) is 10.5. The van der Waals surface area contributed by atoms with Crippen molar-refractivity contribution in [3.8, 4) is 0 Å². The maximum Gasteiger partial charge on any atom is 0.458 e. The van der Waals surface area contributed by atoms with Crippen LogP contribution in [0.25, 0.3) is 0 Å².